The first-order chi connectivity index (χ1) is 11.8. The van der Waals surface area contributed by atoms with Gasteiger partial charge in [0.15, 0.2) is 0 Å². The predicted molar refractivity (Wildman–Crippen MR) is 91.8 cm³/mol. The first-order valence-corrected chi connectivity index (χ1v) is 8.13. The molecule has 24 heavy (non-hydrogen) atoms. The van der Waals surface area contributed by atoms with Gasteiger partial charge in [-0.05, 0) is 36.6 Å². The van der Waals surface area contributed by atoms with Crippen molar-refractivity contribution in [1.29, 1.82) is 5.26 Å². The summed E-state index contributed by atoms with van der Waals surface area (Å²) in [5, 5.41) is 12.4. The number of hydrogen-bond donors (Lipinski definition) is 1. The van der Waals surface area contributed by atoms with E-state index >= 15 is 0 Å². The van der Waals surface area contributed by atoms with Gasteiger partial charge >= 0.3 is 6.01 Å². The zero-order valence-corrected chi connectivity index (χ0v) is 13.8. The SMILES string of the molecule is COc1nccc(N2CCC(NCc3ccc(C#N)cc3)CC2)n1. The molecule has 1 aliphatic rings. The van der Waals surface area contributed by atoms with Crippen molar-refractivity contribution < 1.29 is 4.74 Å². The van der Waals surface area contributed by atoms with Gasteiger partial charge in [0.05, 0.1) is 18.7 Å². The minimum atomic E-state index is 0.411. The summed E-state index contributed by atoms with van der Waals surface area (Å²) >= 11 is 0. The van der Waals surface area contributed by atoms with Crippen LogP contribution >= 0.6 is 0 Å². The molecule has 124 valence electrons. The summed E-state index contributed by atoms with van der Waals surface area (Å²) in [5.74, 6) is 0.924. The molecule has 1 aromatic carbocycles. The number of rotatable bonds is 5. The van der Waals surface area contributed by atoms with Crippen LogP contribution in [0.25, 0.3) is 0 Å². The summed E-state index contributed by atoms with van der Waals surface area (Å²) in [6, 6.07) is 12.7. The van der Waals surface area contributed by atoms with Gasteiger partial charge in [0.2, 0.25) is 0 Å². The second-order valence-electron chi connectivity index (χ2n) is 5.85. The average molecular weight is 323 g/mol. The molecule has 1 aliphatic heterocycles. The maximum absolute atomic E-state index is 8.83. The largest absolute Gasteiger partial charge is 0.467 e. The lowest BCUT2D eigenvalue weighted by Gasteiger charge is -2.33. The molecule has 6 nitrogen and oxygen atoms in total. The Labute approximate surface area is 142 Å². The Morgan fingerprint density at radius 2 is 2.00 bits per heavy atom. The summed E-state index contributed by atoms with van der Waals surface area (Å²) in [6.45, 7) is 2.76. The monoisotopic (exact) mass is 323 g/mol. The molecule has 0 bridgehead atoms. The molecule has 0 atom stereocenters. The number of ether oxygens (including phenoxy) is 1. The number of nitriles is 1. The summed E-state index contributed by atoms with van der Waals surface area (Å²) < 4.78 is 5.09. The molecule has 2 aromatic rings. The molecule has 2 heterocycles. The zero-order chi connectivity index (χ0) is 16.8. The molecule has 1 aromatic heterocycles. The highest BCUT2D eigenvalue weighted by Crippen LogP contribution is 2.19. The zero-order valence-electron chi connectivity index (χ0n) is 13.8. The van der Waals surface area contributed by atoms with E-state index in [0.29, 0.717) is 17.6 Å². The van der Waals surface area contributed by atoms with Crippen LogP contribution in [0.5, 0.6) is 6.01 Å². The number of nitrogens with zero attached hydrogens (tertiary/aromatic N) is 4. The van der Waals surface area contributed by atoms with Crippen molar-refractivity contribution in [1.82, 2.24) is 15.3 Å². The van der Waals surface area contributed by atoms with E-state index in [0.717, 1.165) is 38.3 Å². The van der Waals surface area contributed by atoms with Crippen LogP contribution in [0.2, 0.25) is 0 Å². The molecule has 0 aliphatic carbocycles. The van der Waals surface area contributed by atoms with Crippen molar-refractivity contribution in [3.63, 3.8) is 0 Å². The number of hydrogen-bond acceptors (Lipinski definition) is 6. The maximum atomic E-state index is 8.83. The van der Waals surface area contributed by atoms with Gasteiger partial charge in [-0.3, -0.25) is 0 Å². The van der Waals surface area contributed by atoms with Crippen molar-refractivity contribution in [2.24, 2.45) is 0 Å². The first kappa shape index (κ1) is 16.2. The molecule has 1 N–H and O–H groups in total. The van der Waals surface area contributed by atoms with Crippen LogP contribution in [-0.2, 0) is 6.54 Å². The van der Waals surface area contributed by atoms with Gasteiger partial charge in [-0.15, -0.1) is 0 Å². The smallest absolute Gasteiger partial charge is 0.318 e. The van der Waals surface area contributed by atoms with Crippen LogP contribution < -0.4 is 15.0 Å². The summed E-state index contributed by atoms with van der Waals surface area (Å²) in [4.78, 5) is 10.7. The van der Waals surface area contributed by atoms with Gasteiger partial charge in [-0.25, -0.2) is 4.98 Å². The van der Waals surface area contributed by atoms with Crippen molar-refractivity contribution in [2.75, 3.05) is 25.1 Å². The quantitative estimate of drug-likeness (QED) is 0.908. The van der Waals surface area contributed by atoms with Gasteiger partial charge in [0.1, 0.15) is 5.82 Å². The molecule has 6 heteroatoms. The Bertz CT molecular complexity index is 702. The lowest BCUT2D eigenvalue weighted by Crippen LogP contribution is -2.42. The van der Waals surface area contributed by atoms with Crippen molar-refractivity contribution in [3.8, 4) is 12.1 Å². The maximum Gasteiger partial charge on any atom is 0.318 e. The molecule has 0 radical (unpaired) electrons. The van der Waals surface area contributed by atoms with Gasteiger partial charge in [0.25, 0.3) is 0 Å². The Morgan fingerprint density at radius 1 is 1.25 bits per heavy atom. The van der Waals surface area contributed by atoms with Crippen molar-refractivity contribution in [2.45, 2.75) is 25.4 Å². The number of nitrogens with one attached hydrogen (secondary N) is 1. The average Bonchev–Trinajstić information content (AvgIpc) is 2.67. The van der Waals surface area contributed by atoms with Gasteiger partial charge < -0.3 is 15.0 Å². The van der Waals surface area contributed by atoms with Crippen LogP contribution in [0.15, 0.2) is 36.5 Å². The van der Waals surface area contributed by atoms with E-state index < -0.39 is 0 Å². The van der Waals surface area contributed by atoms with Crippen LogP contribution in [-0.4, -0.2) is 36.2 Å². The van der Waals surface area contributed by atoms with E-state index in [-0.39, 0.29) is 0 Å². The molecular formula is C18H21N5O. The molecule has 3 rings (SSSR count). The third kappa shape index (κ3) is 4.00. The summed E-state index contributed by atoms with van der Waals surface area (Å²) in [5.41, 5.74) is 1.91. The fourth-order valence-electron chi connectivity index (χ4n) is 2.88. The predicted octanol–water partition coefficient (Wildman–Crippen LogP) is 2.12. The number of aromatic nitrogens is 2. The fraction of sp³-hybridized carbons (Fsp3) is 0.389. The van der Waals surface area contributed by atoms with Gasteiger partial charge in [-0.2, -0.15) is 10.2 Å². The highest BCUT2D eigenvalue weighted by Gasteiger charge is 2.20. The first-order valence-electron chi connectivity index (χ1n) is 8.13. The molecule has 1 fully saturated rings. The number of anilines is 1. The highest BCUT2D eigenvalue weighted by molar-refractivity contribution is 5.39. The number of methoxy groups -OCH3 is 1. The minimum absolute atomic E-state index is 0.411. The van der Waals surface area contributed by atoms with Crippen molar-refractivity contribution in [3.05, 3.63) is 47.7 Å². The van der Waals surface area contributed by atoms with E-state index in [1.54, 1.807) is 13.3 Å². The third-order valence-electron chi connectivity index (χ3n) is 4.30. The number of piperidine rings is 1. The fourth-order valence-corrected chi connectivity index (χ4v) is 2.88. The van der Waals surface area contributed by atoms with E-state index in [9.17, 15) is 0 Å². The van der Waals surface area contributed by atoms with Crippen LogP contribution in [0.1, 0.15) is 24.0 Å². The Hall–Kier alpha value is -2.65. The molecular weight excluding hydrogens is 302 g/mol. The molecule has 0 saturated carbocycles. The Morgan fingerprint density at radius 3 is 2.67 bits per heavy atom. The van der Waals surface area contributed by atoms with Crippen LogP contribution in [0.4, 0.5) is 5.82 Å². The highest BCUT2D eigenvalue weighted by atomic mass is 16.5. The molecule has 1 saturated heterocycles. The van der Waals surface area contributed by atoms with Gasteiger partial charge in [-0.1, -0.05) is 12.1 Å². The van der Waals surface area contributed by atoms with Crippen LogP contribution in [0.3, 0.4) is 0 Å². The molecule has 0 spiro atoms. The van der Waals surface area contributed by atoms with E-state index in [1.165, 1.54) is 5.56 Å². The molecule has 0 unspecified atom stereocenters. The van der Waals surface area contributed by atoms with Crippen LogP contribution in [0, 0.1) is 11.3 Å². The third-order valence-corrected chi connectivity index (χ3v) is 4.30. The lowest BCUT2D eigenvalue weighted by atomic mass is 10.0. The second kappa shape index (κ2) is 7.75. The van der Waals surface area contributed by atoms with E-state index in [2.05, 4.69) is 26.3 Å². The molecule has 0 amide bonds. The minimum Gasteiger partial charge on any atom is -0.467 e. The van der Waals surface area contributed by atoms with E-state index in [1.807, 2.05) is 30.3 Å². The van der Waals surface area contributed by atoms with Gasteiger partial charge in [0, 0.05) is 31.9 Å². The Balaban J connectivity index is 1.48. The normalized spacial score (nSPS) is 15.1. The topological polar surface area (TPSA) is 74.1 Å². The Kier molecular flexibility index (Phi) is 5.24. The summed E-state index contributed by atoms with van der Waals surface area (Å²) in [7, 11) is 1.58. The van der Waals surface area contributed by atoms with Crippen molar-refractivity contribution >= 4 is 5.82 Å². The second-order valence-corrected chi connectivity index (χ2v) is 5.85. The van der Waals surface area contributed by atoms with E-state index in [4.69, 9.17) is 10.00 Å². The lowest BCUT2D eigenvalue weighted by molar-refractivity contribution is 0.377. The standard InChI is InChI=1S/C18H21N5O/c1-24-18-20-9-6-17(22-18)23-10-7-16(8-11-23)21-13-15-4-2-14(12-19)3-5-15/h2-6,9,16,21H,7-8,10-11,13H2,1H3. The number of benzene rings is 1. The summed E-state index contributed by atoms with van der Waals surface area (Å²) in [6.07, 6.45) is 3.88.